The first-order chi connectivity index (χ1) is 9.90. The van der Waals surface area contributed by atoms with Gasteiger partial charge in [-0.15, -0.1) is 0 Å². The van der Waals surface area contributed by atoms with Crippen LogP contribution in [0, 0.1) is 11.3 Å². The Morgan fingerprint density at radius 1 is 1.29 bits per heavy atom. The zero-order chi connectivity index (χ0) is 15.6. The quantitative estimate of drug-likeness (QED) is 0.861. The van der Waals surface area contributed by atoms with Crippen molar-refractivity contribution in [2.24, 2.45) is 11.3 Å². The molecule has 2 rings (SSSR count). The lowest BCUT2D eigenvalue weighted by Crippen LogP contribution is -2.42. The van der Waals surface area contributed by atoms with Crippen LogP contribution in [0.15, 0.2) is 30.4 Å². The molecule has 1 aliphatic rings. The Hall–Kier alpha value is -1.48. The van der Waals surface area contributed by atoms with Crippen LogP contribution < -0.4 is 9.47 Å². The number of benzene rings is 1. The van der Waals surface area contributed by atoms with Crippen LogP contribution in [0.2, 0.25) is 0 Å². The van der Waals surface area contributed by atoms with E-state index in [1.54, 1.807) is 14.2 Å². The monoisotopic (exact) mass is 290 g/mol. The predicted molar refractivity (Wildman–Crippen MR) is 84.9 cm³/mol. The summed E-state index contributed by atoms with van der Waals surface area (Å²) in [6, 6.07) is 5.85. The first-order valence-electron chi connectivity index (χ1n) is 7.46. The minimum atomic E-state index is -0.287. The zero-order valence-electron chi connectivity index (χ0n) is 13.5. The highest BCUT2D eigenvalue weighted by Crippen LogP contribution is 2.45. The summed E-state index contributed by atoms with van der Waals surface area (Å²) in [6.45, 7) is 8.49. The van der Waals surface area contributed by atoms with E-state index in [1.807, 2.05) is 18.2 Å². The van der Waals surface area contributed by atoms with Crippen LogP contribution in [0.5, 0.6) is 11.5 Å². The van der Waals surface area contributed by atoms with Gasteiger partial charge in [0, 0.05) is 0 Å². The van der Waals surface area contributed by atoms with E-state index in [4.69, 9.17) is 9.47 Å². The lowest BCUT2D eigenvalue weighted by atomic mass is 9.63. The lowest BCUT2D eigenvalue weighted by Gasteiger charge is -2.44. The molecule has 1 N–H and O–H groups in total. The largest absolute Gasteiger partial charge is 0.497 e. The maximum atomic E-state index is 10.3. The summed E-state index contributed by atoms with van der Waals surface area (Å²) in [6.07, 6.45) is 2.21. The van der Waals surface area contributed by atoms with E-state index < -0.39 is 0 Å². The molecule has 1 aromatic rings. The second kappa shape index (κ2) is 6.10. The Morgan fingerprint density at radius 3 is 2.62 bits per heavy atom. The third kappa shape index (κ3) is 3.08. The summed E-state index contributed by atoms with van der Waals surface area (Å²) in [7, 11) is 3.35. The lowest BCUT2D eigenvalue weighted by molar-refractivity contribution is -0.00646. The Morgan fingerprint density at radius 2 is 2.00 bits per heavy atom. The zero-order valence-corrected chi connectivity index (χ0v) is 13.5. The minimum Gasteiger partial charge on any atom is -0.497 e. The smallest absolute Gasteiger partial charge is 0.122 e. The first-order valence-corrected chi connectivity index (χ1v) is 7.46. The number of hydrogen-bond acceptors (Lipinski definition) is 3. The molecule has 116 valence electrons. The van der Waals surface area contributed by atoms with Gasteiger partial charge in [-0.1, -0.05) is 26.0 Å². The van der Waals surface area contributed by atoms with Crippen LogP contribution in [0.4, 0.5) is 0 Å². The molecule has 0 saturated heterocycles. The average molecular weight is 290 g/mol. The number of methoxy groups -OCH3 is 2. The van der Waals surface area contributed by atoms with Crippen LogP contribution in [0.3, 0.4) is 0 Å². The number of allylic oxidation sites excluding steroid dienone is 1. The second-order valence-electron chi connectivity index (χ2n) is 6.47. The van der Waals surface area contributed by atoms with Gasteiger partial charge >= 0.3 is 0 Å². The summed E-state index contributed by atoms with van der Waals surface area (Å²) in [4.78, 5) is 0. The Kier molecular flexibility index (Phi) is 4.62. The summed E-state index contributed by atoms with van der Waals surface area (Å²) < 4.78 is 10.8. The van der Waals surface area contributed by atoms with Gasteiger partial charge in [-0.05, 0) is 54.4 Å². The molecule has 0 aliphatic heterocycles. The molecule has 21 heavy (non-hydrogen) atoms. The molecule has 1 aromatic carbocycles. The molecule has 0 bridgehead atoms. The minimum absolute atomic E-state index is 0.177. The van der Waals surface area contributed by atoms with Crippen LogP contribution >= 0.6 is 0 Å². The molecule has 1 aliphatic carbocycles. The molecule has 0 radical (unpaired) electrons. The van der Waals surface area contributed by atoms with Crippen molar-refractivity contribution in [1.29, 1.82) is 0 Å². The van der Waals surface area contributed by atoms with Gasteiger partial charge < -0.3 is 14.6 Å². The van der Waals surface area contributed by atoms with Gasteiger partial charge in [0.15, 0.2) is 0 Å². The second-order valence-corrected chi connectivity index (χ2v) is 6.47. The highest BCUT2D eigenvalue weighted by molar-refractivity contribution is 5.41. The summed E-state index contributed by atoms with van der Waals surface area (Å²) in [5.41, 5.74) is 2.14. The molecule has 3 heteroatoms. The van der Waals surface area contributed by atoms with E-state index in [9.17, 15) is 5.11 Å². The van der Waals surface area contributed by atoms with Gasteiger partial charge in [0.05, 0.1) is 20.3 Å². The fourth-order valence-corrected chi connectivity index (χ4v) is 3.30. The molecular weight excluding hydrogens is 264 g/mol. The van der Waals surface area contributed by atoms with Gasteiger partial charge in [-0.25, -0.2) is 0 Å². The van der Waals surface area contributed by atoms with E-state index in [0.717, 1.165) is 36.3 Å². The first kappa shape index (κ1) is 15.9. The van der Waals surface area contributed by atoms with Crippen molar-refractivity contribution in [3.05, 3.63) is 35.9 Å². The molecule has 3 nitrogen and oxygen atoms in total. The Balaban J connectivity index is 2.33. The molecule has 0 spiro atoms. The molecule has 1 fully saturated rings. The van der Waals surface area contributed by atoms with Gasteiger partial charge in [-0.3, -0.25) is 0 Å². The number of hydrogen-bond donors (Lipinski definition) is 1. The summed E-state index contributed by atoms with van der Waals surface area (Å²) in [5.74, 6) is 1.92. The molecule has 0 heterocycles. The Labute approximate surface area is 127 Å². The number of aliphatic hydroxyl groups is 1. The van der Waals surface area contributed by atoms with Crippen molar-refractivity contribution >= 4 is 0 Å². The molecule has 1 saturated carbocycles. The number of rotatable bonds is 4. The van der Waals surface area contributed by atoms with Crippen LogP contribution in [-0.4, -0.2) is 25.4 Å². The van der Waals surface area contributed by atoms with E-state index in [2.05, 4.69) is 20.4 Å². The average Bonchev–Trinajstić information content (AvgIpc) is 2.47. The van der Waals surface area contributed by atoms with Gasteiger partial charge in [0.2, 0.25) is 0 Å². The third-order valence-corrected chi connectivity index (χ3v) is 4.90. The van der Waals surface area contributed by atoms with Crippen molar-refractivity contribution in [2.75, 3.05) is 14.2 Å². The molecular formula is C18H26O3. The SMILES string of the molecule is C=C1CC[C@H](O)C(C)(C)[C@@H]1Cc1cc(OC)ccc1OC. The van der Waals surface area contributed by atoms with E-state index >= 15 is 0 Å². The van der Waals surface area contributed by atoms with E-state index in [1.165, 1.54) is 5.57 Å². The van der Waals surface area contributed by atoms with Crippen molar-refractivity contribution in [3.8, 4) is 11.5 Å². The molecule has 0 aromatic heterocycles. The van der Waals surface area contributed by atoms with Gasteiger partial charge in [0.25, 0.3) is 0 Å². The highest BCUT2D eigenvalue weighted by Gasteiger charge is 2.41. The molecule has 0 unspecified atom stereocenters. The molecule has 2 atom stereocenters. The topological polar surface area (TPSA) is 38.7 Å². The molecule has 0 amide bonds. The van der Waals surface area contributed by atoms with Crippen molar-refractivity contribution in [2.45, 2.75) is 39.2 Å². The van der Waals surface area contributed by atoms with Crippen molar-refractivity contribution in [1.82, 2.24) is 0 Å². The van der Waals surface area contributed by atoms with Crippen LogP contribution in [0.1, 0.15) is 32.3 Å². The number of ether oxygens (including phenoxy) is 2. The normalized spacial score (nSPS) is 24.7. The summed E-state index contributed by atoms with van der Waals surface area (Å²) >= 11 is 0. The Bertz CT molecular complexity index is 519. The van der Waals surface area contributed by atoms with Gasteiger partial charge in [0.1, 0.15) is 11.5 Å². The van der Waals surface area contributed by atoms with Crippen molar-refractivity contribution in [3.63, 3.8) is 0 Å². The highest BCUT2D eigenvalue weighted by atomic mass is 16.5. The predicted octanol–water partition coefficient (Wildman–Crippen LogP) is 3.60. The maximum Gasteiger partial charge on any atom is 0.122 e. The number of aliphatic hydroxyl groups excluding tert-OH is 1. The summed E-state index contributed by atoms with van der Waals surface area (Å²) in [5, 5.41) is 10.3. The third-order valence-electron chi connectivity index (χ3n) is 4.90. The van der Waals surface area contributed by atoms with E-state index in [0.29, 0.717) is 0 Å². The van der Waals surface area contributed by atoms with Crippen LogP contribution in [-0.2, 0) is 6.42 Å². The fraction of sp³-hybridized carbons (Fsp3) is 0.556. The van der Waals surface area contributed by atoms with E-state index in [-0.39, 0.29) is 17.4 Å². The van der Waals surface area contributed by atoms with Crippen LogP contribution in [0.25, 0.3) is 0 Å². The van der Waals surface area contributed by atoms with Crippen molar-refractivity contribution < 1.29 is 14.6 Å². The maximum absolute atomic E-state index is 10.3. The fourth-order valence-electron chi connectivity index (χ4n) is 3.30. The standard InChI is InChI=1S/C18H26O3/c1-12-6-9-17(19)18(2,3)15(12)11-13-10-14(20-4)7-8-16(13)21-5/h7-8,10,15,17,19H,1,6,9,11H2,2-5H3/t15-,17+/m1/s1. The van der Waals surface area contributed by atoms with Gasteiger partial charge in [-0.2, -0.15) is 0 Å².